The molecule has 22 heavy (non-hydrogen) atoms. The summed E-state index contributed by atoms with van der Waals surface area (Å²) in [5.74, 6) is 1.41. The number of nitrogens with one attached hydrogen (secondary N) is 2. The Kier molecular flexibility index (Phi) is 6.50. The topological polar surface area (TPSA) is 59.6 Å². The lowest BCUT2D eigenvalue weighted by atomic mass is 9.75. The summed E-state index contributed by atoms with van der Waals surface area (Å²) < 4.78 is 10.7. The predicted octanol–water partition coefficient (Wildman–Crippen LogP) is 1.91. The van der Waals surface area contributed by atoms with Gasteiger partial charge in [-0.15, -0.1) is 24.8 Å². The van der Waals surface area contributed by atoms with E-state index in [1.807, 2.05) is 12.1 Å². The summed E-state index contributed by atoms with van der Waals surface area (Å²) >= 11 is 0. The van der Waals surface area contributed by atoms with Gasteiger partial charge in [-0.1, -0.05) is 0 Å². The number of Topliss-reactive ketones (excluding diaryl/α,β-unsaturated/α-hetero) is 1. The lowest BCUT2D eigenvalue weighted by Crippen LogP contribution is -2.54. The number of carbonyl (C=O) groups excluding carboxylic acids is 1. The molecule has 1 aromatic carbocycles. The SMILES string of the molecule is COc1cc2c(cc1OC)C1(CCNCC1)NCC2=O.Cl.Cl. The van der Waals surface area contributed by atoms with E-state index in [-0.39, 0.29) is 36.1 Å². The second-order valence-corrected chi connectivity index (χ2v) is 5.36. The van der Waals surface area contributed by atoms with Gasteiger partial charge >= 0.3 is 0 Å². The van der Waals surface area contributed by atoms with Crippen LogP contribution in [0.1, 0.15) is 28.8 Å². The number of hydrogen-bond donors (Lipinski definition) is 2. The molecule has 0 saturated carbocycles. The molecule has 7 heteroatoms. The maximum atomic E-state index is 12.2. The third kappa shape index (κ3) is 3.04. The normalized spacial score (nSPS) is 18.7. The Morgan fingerprint density at radius 2 is 1.64 bits per heavy atom. The first-order valence-electron chi connectivity index (χ1n) is 6.95. The molecule has 1 fully saturated rings. The molecule has 5 nitrogen and oxygen atoms in total. The van der Waals surface area contributed by atoms with Gasteiger partial charge in [-0.05, 0) is 43.6 Å². The van der Waals surface area contributed by atoms with Crippen molar-refractivity contribution in [2.75, 3.05) is 33.9 Å². The second kappa shape index (κ2) is 7.51. The van der Waals surface area contributed by atoms with Gasteiger partial charge in [0.25, 0.3) is 0 Å². The standard InChI is InChI=1S/C15H20N2O3.2ClH/c1-19-13-7-10-11(8-14(13)20-2)15(17-9-12(10)18)3-5-16-6-4-15;;/h7-8,16-17H,3-6,9H2,1-2H3;2*1H. The summed E-state index contributed by atoms with van der Waals surface area (Å²) in [6.07, 6.45) is 1.95. The van der Waals surface area contributed by atoms with Crippen LogP contribution in [0.25, 0.3) is 0 Å². The fraction of sp³-hybridized carbons (Fsp3) is 0.533. The Morgan fingerprint density at radius 1 is 1.05 bits per heavy atom. The van der Waals surface area contributed by atoms with Crippen LogP contribution in [-0.2, 0) is 5.54 Å². The van der Waals surface area contributed by atoms with Crippen LogP contribution in [-0.4, -0.2) is 39.6 Å². The van der Waals surface area contributed by atoms with Crippen molar-refractivity contribution in [3.8, 4) is 11.5 Å². The van der Waals surface area contributed by atoms with Gasteiger partial charge in [0.05, 0.1) is 20.8 Å². The Labute approximate surface area is 142 Å². The molecule has 2 N–H and O–H groups in total. The van der Waals surface area contributed by atoms with Crippen LogP contribution < -0.4 is 20.1 Å². The van der Waals surface area contributed by atoms with Crippen molar-refractivity contribution in [2.24, 2.45) is 0 Å². The van der Waals surface area contributed by atoms with Gasteiger partial charge in [0.1, 0.15) is 0 Å². The summed E-state index contributed by atoms with van der Waals surface area (Å²) in [5.41, 5.74) is 1.70. The second-order valence-electron chi connectivity index (χ2n) is 5.36. The number of hydrogen-bond acceptors (Lipinski definition) is 5. The quantitative estimate of drug-likeness (QED) is 0.854. The van der Waals surface area contributed by atoms with E-state index in [4.69, 9.17) is 9.47 Å². The molecule has 3 rings (SSSR count). The number of carbonyl (C=O) groups is 1. The fourth-order valence-electron chi connectivity index (χ4n) is 3.25. The molecule has 0 unspecified atom stereocenters. The Balaban J connectivity index is 0.00000121. The Hall–Kier alpha value is -1.01. The summed E-state index contributed by atoms with van der Waals surface area (Å²) in [4.78, 5) is 12.2. The van der Waals surface area contributed by atoms with Gasteiger partial charge in [0.2, 0.25) is 0 Å². The maximum Gasteiger partial charge on any atom is 0.177 e. The zero-order valence-corrected chi connectivity index (χ0v) is 14.4. The van der Waals surface area contributed by atoms with Crippen molar-refractivity contribution in [2.45, 2.75) is 18.4 Å². The van der Waals surface area contributed by atoms with Crippen LogP contribution in [0, 0.1) is 0 Å². The minimum atomic E-state index is -0.117. The minimum Gasteiger partial charge on any atom is -0.493 e. The number of rotatable bonds is 2. The molecule has 1 aromatic rings. The van der Waals surface area contributed by atoms with Crippen molar-refractivity contribution >= 4 is 30.6 Å². The highest BCUT2D eigenvalue weighted by Crippen LogP contribution is 2.41. The van der Waals surface area contributed by atoms with Crippen molar-refractivity contribution in [1.82, 2.24) is 10.6 Å². The van der Waals surface area contributed by atoms with Crippen molar-refractivity contribution < 1.29 is 14.3 Å². The van der Waals surface area contributed by atoms with Crippen LogP contribution in [0.2, 0.25) is 0 Å². The van der Waals surface area contributed by atoms with E-state index < -0.39 is 0 Å². The summed E-state index contributed by atoms with van der Waals surface area (Å²) in [7, 11) is 3.22. The van der Waals surface area contributed by atoms with E-state index in [0.717, 1.165) is 37.1 Å². The monoisotopic (exact) mass is 348 g/mol. The van der Waals surface area contributed by atoms with Gasteiger partial charge in [0, 0.05) is 11.1 Å². The maximum absolute atomic E-state index is 12.2. The first-order valence-corrected chi connectivity index (χ1v) is 6.95. The molecule has 0 radical (unpaired) electrons. The zero-order chi connectivity index (χ0) is 14.2. The molecule has 0 aliphatic carbocycles. The molecule has 1 spiro atoms. The van der Waals surface area contributed by atoms with Crippen LogP contribution in [0.15, 0.2) is 12.1 Å². The van der Waals surface area contributed by atoms with Gasteiger partial charge in [-0.3, -0.25) is 4.79 Å². The fourth-order valence-corrected chi connectivity index (χ4v) is 3.25. The highest BCUT2D eigenvalue weighted by molar-refractivity contribution is 6.01. The summed E-state index contributed by atoms with van der Waals surface area (Å²) in [6.45, 7) is 2.30. The molecule has 2 aliphatic rings. The number of piperidine rings is 1. The predicted molar refractivity (Wildman–Crippen MR) is 90.2 cm³/mol. The van der Waals surface area contributed by atoms with Gasteiger partial charge in [0.15, 0.2) is 17.3 Å². The van der Waals surface area contributed by atoms with Crippen molar-refractivity contribution in [1.29, 1.82) is 0 Å². The number of fused-ring (bicyclic) bond motifs is 2. The van der Waals surface area contributed by atoms with E-state index >= 15 is 0 Å². The molecule has 124 valence electrons. The van der Waals surface area contributed by atoms with Gasteiger partial charge < -0.3 is 20.1 Å². The highest BCUT2D eigenvalue weighted by Gasteiger charge is 2.40. The van der Waals surface area contributed by atoms with Crippen LogP contribution in [0.5, 0.6) is 11.5 Å². The molecular weight excluding hydrogens is 327 g/mol. The molecule has 0 bridgehead atoms. The molecular formula is C15H22Cl2N2O3. The molecule has 0 amide bonds. The van der Waals surface area contributed by atoms with Crippen molar-refractivity contribution in [3.63, 3.8) is 0 Å². The largest absolute Gasteiger partial charge is 0.493 e. The third-order valence-electron chi connectivity index (χ3n) is 4.38. The van der Waals surface area contributed by atoms with Crippen LogP contribution in [0.4, 0.5) is 0 Å². The Bertz CT molecular complexity index is 546. The lowest BCUT2D eigenvalue weighted by molar-refractivity contribution is 0.0939. The minimum absolute atomic E-state index is 0. The number of ketones is 1. The average molecular weight is 349 g/mol. The van der Waals surface area contributed by atoms with Crippen LogP contribution >= 0.6 is 24.8 Å². The van der Waals surface area contributed by atoms with Crippen LogP contribution in [0.3, 0.4) is 0 Å². The molecule has 2 heterocycles. The molecule has 0 aromatic heterocycles. The number of halogens is 2. The molecule has 2 aliphatic heterocycles. The molecule has 1 saturated heterocycles. The molecule has 0 atom stereocenters. The van der Waals surface area contributed by atoms with E-state index in [0.29, 0.717) is 18.0 Å². The van der Waals surface area contributed by atoms with E-state index in [1.165, 1.54) is 0 Å². The third-order valence-corrected chi connectivity index (χ3v) is 4.38. The average Bonchev–Trinajstić information content (AvgIpc) is 2.51. The highest BCUT2D eigenvalue weighted by atomic mass is 35.5. The summed E-state index contributed by atoms with van der Waals surface area (Å²) in [6, 6.07) is 3.78. The first-order chi connectivity index (χ1) is 9.70. The van der Waals surface area contributed by atoms with Gasteiger partial charge in [-0.2, -0.15) is 0 Å². The van der Waals surface area contributed by atoms with Crippen molar-refractivity contribution in [3.05, 3.63) is 23.3 Å². The van der Waals surface area contributed by atoms with E-state index in [1.54, 1.807) is 14.2 Å². The Morgan fingerprint density at radius 3 is 2.23 bits per heavy atom. The number of ether oxygens (including phenoxy) is 2. The zero-order valence-electron chi connectivity index (χ0n) is 12.7. The van der Waals surface area contributed by atoms with E-state index in [9.17, 15) is 4.79 Å². The number of benzene rings is 1. The van der Waals surface area contributed by atoms with E-state index in [2.05, 4.69) is 10.6 Å². The summed E-state index contributed by atoms with van der Waals surface area (Å²) in [5, 5.41) is 6.81. The lowest BCUT2D eigenvalue weighted by Gasteiger charge is -2.43. The smallest absolute Gasteiger partial charge is 0.177 e. The number of methoxy groups -OCH3 is 2. The first kappa shape index (κ1) is 19.0. The van der Waals surface area contributed by atoms with Gasteiger partial charge in [-0.25, -0.2) is 0 Å².